The van der Waals surface area contributed by atoms with Gasteiger partial charge in [-0.1, -0.05) is 18.7 Å². The Hall–Kier alpha value is -1.67. The van der Waals surface area contributed by atoms with E-state index >= 15 is 0 Å². The fourth-order valence-corrected chi connectivity index (χ4v) is 3.29. The highest BCUT2D eigenvalue weighted by Gasteiger charge is 2.11. The lowest BCUT2D eigenvalue weighted by Crippen LogP contribution is -2.17. The number of anilines is 1. The molecule has 0 atom stereocenters. The van der Waals surface area contributed by atoms with Crippen LogP contribution < -0.4 is 10.9 Å². The molecule has 0 aliphatic heterocycles. The van der Waals surface area contributed by atoms with Crippen molar-refractivity contribution in [1.29, 1.82) is 0 Å². The Kier molecular flexibility index (Phi) is 5.36. The van der Waals surface area contributed by atoms with Crippen LogP contribution >= 0.6 is 23.1 Å². The van der Waals surface area contributed by atoms with E-state index < -0.39 is 0 Å². The van der Waals surface area contributed by atoms with Crippen molar-refractivity contribution in [3.05, 3.63) is 32.2 Å². The van der Waals surface area contributed by atoms with Crippen LogP contribution in [0, 0.1) is 20.8 Å². The number of aryl methyl sites for hydroxylation is 3. The Morgan fingerprint density at radius 1 is 1.32 bits per heavy atom. The van der Waals surface area contributed by atoms with E-state index in [2.05, 4.69) is 20.3 Å². The highest BCUT2D eigenvalue weighted by Crippen LogP contribution is 2.21. The number of rotatable bonds is 5. The monoisotopic (exact) mass is 338 g/mol. The lowest BCUT2D eigenvalue weighted by molar-refractivity contribution is -0.113. The number of hydrogen-bond acceptors (Lipinski definition) is 6. The number of thiazole rings is 1. The Morgan fingerprint density at radius 2 is 2.05 bits per heavy atom. The van der Waals surface area contributed by atoms with Gasteiger partial charge in [0.25, 0.3) is 5.56 Å². The van der Waals surface area contributed by atoms with Gasteiger partial charge in [-0.25, -0.2) is 9.97 Å². The summed E-state index contributed by atoms with van der Waals surface area (Å²) in [5, 5.41) is 3.82. The van der Waals surface area contributed by atoms with Gasteiger partial charge >= 0.3 is 0 Å². The summed E-state index contributed by atoms with van der Waals surface area (Å²) in [6.07, 6.45) is 0.688. The lowest BCUT2D eigenvalue weighted by Gasteiger charge is -2.05. The average molecular weight is 338 g/mol. The highest BCUT2D eigenvalue weighted by atomic mass is 32.2. The minimum absolute atomic E-state index is 0.152. The normalized spacial score (nSPS) is 10.7. The third-order valence-corrected chi connectivity index (χ3v) is 5.04. The summed E-state index contributed by atoms with van der Waals surface area (Å²) in [5.74, 6) is 0.00680. The van der Waals surface area contributed by atoms with E-state index in [1.165, 1.54) is 23.1 Å². The predicted molar refractivity (Wildman–Crippen MR) is 89.9 cm³/mol. The van der Waals surface area contributed by atoms with Crippen molar-refractivity contribution in [2.24, 2.45) is 0 Å². The van der Waals surface area contributed by atoms with Crippen LogP contribution in [0.4, 0.5) is 5.13 Å². The van der Waals surface area contributed by atoms with Gasteiger partial charge in [-0.2, -0.15) is 0 Å². The number of thioether (sulfide) groups is 1. The van der Waals surface area contributed by atoms with Crippen molar-refractivity contribution < 1.29 is 4.79 Å². The molecule has 0 fully saturated rings. The van der Waals surface area contributed by atoms with Crippen molar-refractivity contribution in [3.63, 3.8) is 0 Å². The molecule has 6 nitrogen and oxygen atoms in total. The largest absolute Gasteiger partial charge is 0.301 e. The molecule has 2 heterocycles. The molecule has 0 saturated heterocycles. The summed E-state index contributed by atoms with van der Waals surface area (Å²) in [7, 11) is 0. The number of carbonyl (C=O) groups excluding carboxylic acids is 1. The molecule has 8 heteroatoms. The average Bonchev–Trinajstić information content (AvgIpc) is 2.78. The second-order valence-electron chi connectivity index (χ2n) is 4.79. The maximum Gasteiger partial charge on any atom is 0.254 e. The van der Waals surface area contributed by atoms with Crippen LogP contribution in [0.1, 0.15) is 28.8 Å². The van der Waals surface area contributed by atoms with Gasteiger partial charge < -0.3 is 10.3 Å². The van der Waals surface area contributed by atoms with E-state index in [9.17, 15) is 9.59 Å². The number of carbonyl (C=O) groups is 1. The first kappa shape index (κ1) is 16.7. The molecule has 2 N–H and O–H groups in total. The molecule has 0 unspecified atom stereocenters. The first-order chi connectivity index (χ1) is 10.4. The molecule has 0 aromatic carbocycles. The molecule has 0 aliphatic rings. The summed E-state index contributed by atoms with van der Waals surface area (Å²) < 4.78 is 0. The summed E-state index contributed by atoms with van der Waals surface area (Å²) in [4.78, 5) is 36.1. The second kappa shape index (κ2) is 7.06. The minimum atomic E-state index is -0.167. The van der Waals surface area contributed by atoms with E-state index in [-0.39, 0.29) is 17.2 Å². The van der Waals surface area contributed by atoms with Crippen LogP contribution in [0.2, 0.25) is 0 Å². The van der Waals surface area contributed by atoms with Gasteiger partial charge in [0, 0.05) is 10.4 Å². The first-order valence-electron chi connectivity index (χ1n) is 6.87. The second-order valence-corrected chi connectivity index (χ2v) is 6.96. The smallest absolute Gasteiger partial charge is 0.254 e. The van der Waals surface area contributed by atoms with Crippen LogP contribution in [0.25, 0.3) is 0 Å². The fraction of sp³-hybridized carbons (Fsp3) is 0.429. The topological polar surface area (TPSA) is 87.7 Å². The molecule has 0 saturated carbocycles. The molecule has 2 aromatic heterocycles. The summed E-state index contributed by atoms with van der Waals surface area (Å²) in [5.41, 5.74) is 2.16. The van der Waals surface area contributed by atoms with Crippen molar-refractivity contribution in [3.8, 4) is 0 Å². The molecule has 2 rings (SSSR count). The number of amides is 1. The van der Waals surface area contributed by atoms with Crippen LogP contribution in [-0.4, -0.2) is 26.6 Å². The Balaban J connectivity index is 1.99. The number of nitrogens with one attached hydrogen (secondary N) is 2. The molecule has 0 aliphatic carbocycles. The quantitative estimate of drug-likeness (QED) is 0.646. The van der Waals surface area contributed by atoms with Gasteiger partial charge in [0.2, 0.25) is 5.91 Å². The van der Waals surface area contributed by atoms with Crippen LogP contribution in [0.15, 0.2) is 9.95 Å². The zero-order valence-corrected chi connectivity index (χ0v) is 14.6. The maximum atomic E-state index is 11.9. The van der Waals surface area contributed by atoms with Crippen molar-refractivity contribution >= 4 is 34.1 Å². The summed E-state index contributed by atoms with van der Waals surface area (Å²) in [6.45, 7) is 7.57. The van der Waals surface area contributed by atoms with Gasteiger partial charge in [-0.3, -0.25) is 9.59 Å². The zero-order valence-electron chi connectivity index (χ0n) is 12.9. The van der Waals surface area contributed by atoms with Gasteiger partial charge in [0.15, 0.2) is 10.3 Å². The maximum absolute atomic E-state index is 11.9. The molecule has 1 amide bonds. The Bertz CT molecular complexity index is 732. The lowest BCUT2D eigenvalue weighted by atomic mass is 10.2. The number of H-pyrrole nitrogens is 1. The molecule has 0 radical (unpaired) electrons. The number of aromatic amines is 1. The predicted octanol–water partition coefficient (Wildman–Crippen LogP) is 2.44. The summed E-state index contributed by atoms with van der Waals surface area (Å²) >= 11 is 2.66. The standard InChI is InChI=1S/C14H18N4O2S2/c1-5-10-7(2)12(20)18-13(16-10)21-6-11(19)17-14-15-8(3)9(4)22-14/h5-6H2,1-4H3,(H,15,17,19)(H,16,18,20). The van der Waals surface area contributed by atoms with Crippen molar-refractivity contribution in [1.82, 2.24) is 15.0 Å². The van der Waals surface area contributed by atoms with E-state index in [1.807, 2.05) is 20.8 Å². The van der Waals surface area contributed by atoms with Crippen LogP contribution in [-0.2, 0) is 11.2 Å². The van der Waals surface area contributed by atoms with Crippen molar-refractivity contribution in [2.75, 3.05) is 11.1 Å². The van der Waals surface area contributed by atoms with Gasteiger partial charge in [0.05, 0.1) is 17.1 Å². The van der Waals surface area contributed by atoms with E-state index in [4.69, 9.17) is 0 Å². The molecular formula is C14H18N4O2S2. The minimum Gasteiger partial charge on any atom is -0.301 e. The SMILES string of the molecule is CCc1nc(SCC(=O)Nc2nc(C)c(C)s2)[nH]c(=O)c1C. The molecular weight excluding hydrogens is 320 g/mol. The van der Waals surface area contributed by atoms with Gasteiger partial charge in [-0.15, -0.1) is 11.3 Å². The van der Waals surface area contributed by atoms with E-state index in [0.717, 1.165) is 16.3 Å². The fourth-order valence-electron chi connectivity index (χ4n) is 1.78. The van der Waals surface area contributed by atoms with Gasteiger partial charge in [-0.05, 0) is 27.2 Å². The molecule has 0 bridgehead atoms. The molecule has 22 heavy (non-hydrogen) atoms. The van der Waals surface area contributed by atoms with Gasteiger partial charge in [0.1, 0.15) is 0 Å². The first-order valence-corrected chi connectivity index (χ1v) is 8.67. The third kappa shape index (κ3) is 3.95. The van der Waals surface area contributed by atoms with Crippen LogP contribution in [0.5, 0.6) is 0 Å². The highest BCUT2D eigenvalue weighted by molar-refractivity contribution is 7.99. The third-order valence-electron chi connectivity index (χ3n) is 3.18. The summed E-state index contributed by atoms with van der Waals surface area (Å²) in [6, 6.07) is 0. The molecule has 0 spiro atoms. The Labute approximate surface area is 136 Å². The molecule has 2 aromatic rings. The number of nitrogens with zero attached hydrogens (tertiary/aromatic N) is 2. The number of aromatic nitrogens is 3. The van der Waals surface area contributed by atoms with Crippen molar-refractivity contribution in [2.45, 2.75) is 39.3 Å². The number of hydrogen-bond donors (Lipinski definition) is 2. The zero-order chi connectivity index (χ0) is 16.3. The Morgan fingerprint density at radius 3 is 2.64 bits per heavy atom. The van der Waals surface area contributed by atoms with E-state index in [0.29, 0.717) is 22.3 Å². The van der Waals surface area contributed by atoms with Crippen LogP contribution in [0.3, 0.4) is 0 Å². The molecule has 118 valence electrons. The van der Waals surface area contributed by atoms with E-state index in [1.54, 1.807) is 6.92 Å².